The fraction of sp³-hybridized carbons (Fsp3) is 0.692. The van der Waals surface area contributed by atoms with Crippen LogP contribution >= 0.6 is 0 Å². The average molecular weight is 308 g/mol. The van der Waals surface area contributed by atoms with Gasteiger partial charge in [-0.3, -0.25) is 24.9 Å². The van der Waals surface area contributed by atoms with Crippen molar-refractivity contribution >= 4 is 17.4 Å². The summed E-state index contributed by atoms with van der Waals surface area (Å²) in [5, 5.41) is 20.2. The molecule has 2 fully saturated rings. The van der Waals surface area contributed by atoms with E-state index in [4.69, 9.17) is 0 Å². The molecule has 1 amide bonds. The Hall–Kier alpha value is -2.16. The SMILES string of the molecule is Cc1[nH]nc(NCC(=O)N2CCN3CCC[C@H]3C2)c1[N+](=O)[O-]. The number of nitrogens with zero attached hydrogens (tertiary/aromatic N) is 4. The van der Waals surface area contributed by atoms with Gasteiger partial charge >= 0.3 is 5.69 Å². The van der Waals surface area contributed by atoms with Crippen molar-refractivity contribution in [3.63, 3.8) is 0 Å². The topological polar surface area (TPSA) is 107 Å². The zero-order valence-corrected chi connectivity index (χ0v) is 12.5. The lowest BCUT2D eigenvalue weighted by Gasteiger charge is -2.37. The van der Waals surface area contributed by atoms with Crippen molar-refractivity contribution in [2.24, 2.45) is 0 Å². The summed E-state index contributed by atoms with van der Waals surface area (Å²) in [5.74, 6) is 0.0804. The van der Waals surface area contributed by atoms with E-state index >= 15 is 0 Å². The third-order valence-corrected chi connectivity index (χ3v) is 4.44. The monoisotopic (exact) mass is 308 g/mol. The molecule has 0 saturated carbocycles. The van der Waals surface area contributed by atoms with Crippen LogP contribution in [0.25, 0.3) is 0 Å². The van der Waals surface area contributed by atoms with Gasteiger partial charge in [-0.2, -0.15) is 5.10 Å². The number of aryl methyl sites for hydroxylation is 1. The predicted molar refractivity (Wildman–Crippen MR) is 79.6 cm³/mol. The van der Waals surface area contributed by atoms with E-state index < -0.39 is 4.92 Å². The van der Waals surface area contributed by atoms with Gasteiger partial charge in [-0.15, -0.1) is 0 Å². The molecule has 9 nitrogen and oxygen atoms in total. The van der Waals surface area contributed by atoms with Gasteiger partial charge in [0.05, 0.1) is 11.5 Å². The molecule has 1 aromatic heterocycles. The Balaban J connectivity index is 1.57. The molecular weight excluding hydrogens is 288 g/mol. The quantitative estimate of drug-likeness (QED) is 0.613. The number of amides is 1. The van der Waals surface area contributed by atoms with Crippen molar-refractivity contribution in [2.75, 3.05) is 38.0 Å². The van der Waals surface area contributed by atoms with Crippen LogP contribution in [0.3, 0.4) is 0 Å². The maximum Gasteiger partial charge on any atom is 0.333 e. The van der Waals surface area contributed by atoms with E-state index in [9.17, 15) is 14.9 Å². The van der Waals surface area contributed by atoms with Crippen LogP contribution in [0.1, 0.15) is 18.5 Å². The molecule has 0 radical (unpaired) electrons. The standard InChI is InChI=1S/C13H20N6O3/c1-9-12(19(21)22)13(16-15-9)14-7-11(20)18-6-5-17-4-2-3-10(17)8-18/h10H,2-8H2,1H3,(H2,14,15,16)/t10-/m0/s1. The largest absolute Gasteiger partial charge is 0.354 e. The molecule has 22 heavy (non-hydrogen) atoms. The van der Waals surface area contributed by atoms with E-state index in [-0.39, 0.29) is 24.0 Å². The van der Waals surface area contributed by atoms with E-state index in [1.54, 1.807) is 6.92 Å². The van der Waals surface area contributed by atoms with E-state index in [0.717, 1.165) is 32.6 Å². The summed E-state index contributed by atoms with van der Waals surface area (Å²) >= 11 is 0. The maximum atomic E-state index is 12.3. The van der Waals surface area contributed by atoms with Crippen LogP contribution in [0.15, 0.2) is 0 Å². The number of rotatable bonds is 4. The molecule has 120 valence electrons. The Morgan fingerprint density at radius 1 is 1.50 bits per heavy atom. The van der Waals surface area contributed by atoms with Crippen LogP contribution in [-0.2, 0) is 4.79 Å². The molecule has 2 saturated heterocycles. The molecule has 9 heteroatoms. The number of piperazine rings is 1. The average Bonchev–Trinajstić information content (AvgIpc) is 3.09. The van der Waals surface area contributed by atoms with Gasteiger partial charge in [0.2, 0.25) is 11.7 Å². The van der Waals surface area contributed by atoms with Crippen LogP contribution in [0.4, 0.5) is 11.5 Å². The Kier molecular flexibility index (Phi) is 3.97. The van der Waals surface area contributed by atoms with E-state index in [1.807, 2.05) is 4.90 Å². The van der Waals surface area contributed by atoms with Crippen molar-refractivity contribution in [1.82, 2.24) is 20.0 Å². The molecule has 2 N–H and O–H groups in total. The summed E-state index contributed by atoms with van der Waals surface area (Å²) in [4.78, 5) is 27.0. The fourth-order valence-corrected chi connectivity index (χ4v) is 3.26. The lowest BCUT2D eigenvalue weighted by molar-refractivity contribution is -0.384. The van der Waals surface area contributed by atoms with E-state index in [2.05, 4.69) is 20.4 Å². The third-order valence-electron chi connectivity index (χ3n) is 4.44. The minimum atomic E-state index is -0.497. The third kappa shape index (κ3) is 2.76. The summed E-state index contributed by atoms with van der Waals surface area (Å²) in [6.07, 6.45) is 2.34. The first-order valence-corrected chi connectivity index (χ1v) is 7.51. The second-order valence-corrected chi connectivity index (χ2v) is 5.83. The number of fused-ring (bicyclic) bond motifs is 1. The van der Waals surface area contributed by atoms with Crippen LogP contribution in [-0.4, -0.2) is 69.6 Å². The number of anilines is 1. The van der Waals surface area contributed by atoms with E-state index in [0.29, 0.717) is 11.7 Å². The Bertz CT molecular complexity index is 586. The smallest absolute Gasteiger partial charge is 0.333 e. The normalized spacial score (nSPS) is 21.7. The van der Waals surface area contributed by atoms with Crippen LogP contribution in [0.2, 0.25) is 0 Å². The van der Waals surface area contributed by atoms with Crippen molar-refractivity contribution < 1.29 is 9.72 Å². The van der Waals surface area contributed by atoms with E-state index in [1.165, 1.54) is 6.42 Å². The number of nitrogens with one attached hydrogen (secondary N) is 2. The molecule has 3 heterocycles. The predicted octanol–water partition coefficient (Wildman–Crippen LogP) is 0.345. The molecule has 0 spiro atoms. The number of H-pyrrole nitrogens is 1. The highest BCUT2D eigenvalue weighted by Crippen LogP contribution is 2.25. The summed E-state index contributed by atoms with van der Waals surface area (Å²) in [6.45, 7) is 5.12. The first-order valence-electron chi connectivity index (χ1n) is 7.51. The van der Waals surface area contributed by atoms with Crippen molar-refractivity contribution in [2.45, 2.75) is 25.8 Å². The van der Waals surface area contributed by atoms with Gasteiger partial charge in [0, 0.05) is 25.7 Å². The Morgan fingerprint density at radius 3 is 3.09 bits per heavy atom. The fourth-order valence-electron chi connectivity index (χ4n) is 3.26. The minimum Gasteiger partial charge on any atom is -0.354 e. The molecule has 3 rings (SSSR count). The highest BCUT2D eigenvalue weighted by Gasteiger charge is 2.32. The maximum absolute atomic E-state index is 12.3. The lowest BCUT2D eigenvalue weighted by atomic mass is 10.1. The number of aromatic amines is 1. The number of carbonyl (C=O) groups is 1. The molecular formula is C13H20N6O3. The van der Waals surface area contributed by atoms with Gasteiger partial charge in [-0.25, -0.2) is 0 Å². The van der Waals surface area contributed by atoms with Crippen molar-refractivity contribution in [3.8, 4) is 0 Å². The lowest BCUT2D eigenvalue weighted by Crippen LogP contribution is -2.53. The summed E-state index contributed by atoms with van der Waals surface area (Å²) in [7, 11) is 0. The van der Waals surface area contributed by atoms with Gasteiger partial charge in [0.15, 0.2) is 0 Å². The number of nitro groups is 1. The van der Waals surface area contributed by atoms with Gasteiger partial charge in [0.1, 0.15) is 5.69 Å². The van der Waals surface area contributed by atoms with Gasteiger partial charge in [0.25, 0.3) is 0 Å². The van der Waals surface area contributed by atoms with Gasteiger partial charge in [-0.05, 0) is 26.3 Å². The minimum absolute atomic E-state index is 0.0256. The molecule has 1 atom stereocenters. The molecule has 2 aliphatic heterocycles. The zero-order chi connectivity index (χ0) is 15.7. The molecule has 0 bridgehead atoms. The highest BCUT2D eigenvalue weighted by atomic mass is 16.6. The molecule has 0 unspecified atom stereocenters. The first kappa shape index (κ1) is 14.8. The number of aromatic nitrogens is 2. The summed E-state index contributed by atoms with van der Waals surface area (Å²) < 4.78 is 0. The summed E-state index contributed by atoms with van der Waals surface area (Å²) in [6, 6.07) is 0.472. The van der Waals surface area contributed by atoms with Crippen LogP contribution in [0.5, 0.6) is 0 Å². The zero-order valence-electron chi connectivity index (χ0n) is 12.5. The number of hydrogen-bond donors (Lipinski definition) is 2. The van der Waals surface area contributed by atoms with Crippen molar-refractivity contribution in [3.05, 3.63) is 15.8 Å². The van der Waals surface area contributed by atoms with Crippen molar-refractivity contribution in [1.29, 1.82) is 0 Å². The first-order chi connectivity index (χ1) is 10.6. The molecule has 0 aromatic carbocycles. The molecule has 0 aliphatic carbocycles. The van der Waals surface area contributed by atoms with Gasteiger partial charge in [-0.1, -0.05) is 0 Å². The van der Waals surface area contributed by atoms with Gasteiger partial charge < -0.3 is 10.2 Å². The summed E-state index contributed by atoms with van der Waals surface area (Å²) in [5.41, 5.74) is 0.271. The highest BCUT2D eigenvalue weighted by molar-refractivity contribution is 5.81. The van der Waals surface area contributed by atoms with Crippen LogP contribution in [0, 0.1) is 17.0 Å². The molecule has 2 aliphatic rings. The Labute approximate surface area is 127 Å². The number of carbonyl (C=O) groups excluding carboxylic acids is 1. The Morgan fingerprint density at radius 2 is 2.32 bits per heavy atom. The number of hydrogen-bond acceptors (Lipinski definition) is 6. The molecule has 1 aromatic rings. The second-order valence-electron chi connectivity index (χ2n) is 5.83. The van der Waals surface area contributed by atoms with Crippen LogP contribution < -0.4 is 5.32 Å². The second kappa shape index (κ2) is 5.91.